The highest BCUT2D eigenvalue weighted by atomic mass is 32.2. The van der Waals surface area contributed by atoms with Crippen molar-refractivity contribution >= 4 is 27.5 Å². The molecular formula is C21H22FN3O5S. The van der Waals surface area contributed by atoms with Gasteiger partial charge in [-0.25, -0.2) is 12.8 Å². The number of hydrogen-bond acceptors (Lipinski definition) is 5. The third-order valence-corrected chi connectivity index (χ3v) is 7.29. The van der Waals surface area contributed by atoms with Crippen molar-refractivity contribution in [2.75, 3.05) is 31.5 Å². The number of carbonyl (C=O) groups is 2. The van der Waals surface area contributed by atoms with Gasteiger partial charge in [0, 0.05) is 31.7 Å². The SMILES string of the molecule is CCC1Oc2ccc(S(=O)(=O)N3CCN(C(=O)c4ccc(F)cc4)CC3)cc2NC1=O. The van der Waals surface area contributed by atoms with Crippen molar-refractivity contribution in [2.24, 2.45) is 0 Å². The van der Waals surface area contributed by atoms with Crippen LogP contribution in [0, 0.1) is 5.82 Å². The molecule has 2 aromatic rings. The van der Waals surface area contributed by atoms with Crippen LogP contribution >= 0.6 is 0 Å². The third-order valence-electron chi connectivity index (χ3n) is 5.40. The number of nitrogens with one attached hydrogen (secondary N) is 1. The van der Waals surface area contributed by atoms with Gasteiger partial charge in [-0.2, -0.15) is 4.31 Å². The van der Waals surface area contributed by atoms with E-state index in [9.17, 15) is 22.4 Å². The van der Waals surface area contributed by atoms with Gasteiger partial charge in [0.2, 0.25) is 10.0 Å². The van der Waals surface area contributed by atoms with E-state index >= 15 is 0 Å². The molecule has 1 N–H and O–H groups in total. The van der Waals surface area contributed by atoms with Gasteiger partial charge in [-0.05, 0) is 48.9 Å². The fourth-order valence-corrected chi connectivity index (χ4v) is 5.06. The molecule has 31 heavy (non-hydrogen) atoms. The van der Waals surface area contributed by atoms with Gasteiger partial charge in [0.15, 0.2) is 6.10 Å². The Hall–Kier alpha value is -2.98. The molecule has 0 saturated carbocycles. The lowest BCUT2D eigenvalue weighted by Crippen LogP contribution is -2.50. The molecule has 0 bridgehead atoms. The second kappa shape index (κ2) is 8.27. The van der Waals surface area contributed by atoms with Crippen molar-refractivity contribution in [3.8, 4) is 5.75 Å². The van der Waals surface area contributed by atoms with Gasteiger partial charge in [0.1, 0.15) is 11.6 Å². The quantitative estimate of drug-likeness (QED) is 0.774. The molecule has 0 aromatic heterocycles. The minimum absolute atomic E-state index is 0.0448. The topological polar surface area (TPSA) is 96.0 Å². The molecule has 0 aliphatic carbocycles. The summed E-state index contributed by atoms with van der Waals surface area (Å²) in [7, 11) is -3.81. The van der Waals surface area contributed by atoms with Crippen LogP contribution in [0.4, 0.5) is 10.1 Å². The van der Waals surface area contributed by atoms with E-state index in [0.29, 0.717) is 23.4 Å². The zero-order valence-electron chi connectivity index (χ0n) is 16.9. The van der Waals surface area contributed by atoms with Crippen molar-refractivity contribution < 1.29 is 27.1 Å². The van der Waals surface area contributed by atoms with Crippen LogP contribution in [0.15, 0.2) is 47.4 Å². The molecule has 1 unspecified atom stereocenters. The van der Waals surface area contributed by atoms with E-state index in [1.165, 1.54) is 40.7 Å². The van der Waals surface area contributed by atoms with E-state index in [1.807, 2.05) is 6.92 Å². The predicted molar refractivity (Wildman–Crippen MR) is 111 cm³/mol. The Morgan fingerprint density at radius 1 is 1.13 bits per heavy atom. The van der Waals surface area contributed by atoms with E-state index in [4.69, 9.17) is 4.74 Å². The highest BCUT2D eigenvalue weighted by Gasteiger charge is 2.32. The number of nitrogens with zero attached hydrogens (tertiary/aromatic N) is 2. The van der Waals surface area contributed by atoms with Crippen molar-refractivity contribution in [1.82, 2.24) is 9.21 Å². The van der Waals surface area contributed by atoms with Crippen LogP contribution in [-0.4, -0.2) is 61.7 Å². The second-order valence-corrected chi connectivity index (χ2v) is 9.30. The molecule has 2 aromatic carbocycles. The average Bonchev–Trinajstić information content (AvgIpc) is 2.78. The van der Waals surface area contributed by atoms with Crippen LogP contribution in [0.1, 0.15) is 23.7 Å². The van der Waals surface area contributed by atoms with Crippen molar-refractivity contribution in [3.05, 3.63) is 53.8 Å². The lowest BCUT2D eigenvalue weighted by atomic mass is 10.2. The van der Waals surface area contributed by atoms with E-state index < -0.39 is 21.9 Å². The van der Waals surface area contributed by atoms with Crippen LogP contribution in [0.2, 0.25) is 0 Å². The Labute approximate surface area is 179 Å². The van der Waals surface area contributed by atoms with Crippen molar-refractivity contribution in [2.45, 2.75) is 24.3 Å². The van der Waals surface area contributed by atoms with E-state index in [2.05, 4.69) is 5.32 Å². The number of halogens is 1. The Balaban J connectivity index is 1.46. The summed E-state index contributed by atoms with van der Waals surface area (Å²) >= 11 is 0. The molecule has 1 fully saturated rings. The zero-order valence-corrected chi connectivity index (χ0v) is 17.7. The minimum atomic E-state index is -3.81. The molecule has 2 aliphatic rings. The molecule has 0 spiro atoms. The van der Waals surface area contributed by atoms with Crippen molar-refractivity contribution in [3.63, 3.8) is 0 Å². The number of amides is 2. The zero-order chi connectivity index (χ0) is 22.2. The summed E-state index contributed by atoms with van der Waals surface area (Å²) < 4.78 is 46.2. The van der Waals surface area contributed by atoms with Gasteiger partial charge in [0.05, 0.1) is 10.6 Å². The van der Waals surface area contributed by atoms with Crippen LogP contribution in [0.25, 0.3) is 0 Å². The first-order valence-electron chi connectivity index (χ1n) is 9.96. The van der Waals surface area contributed by atoms with Crippen LogP contribution < -0.4 is 10.1 Å². The molecule has 1 atom stereocenters. The number of sulfonamides is 1. The smallest absolute Gasteiger partial charge is 0.265 e. The maximum atomic E-state index is 13.1. The molecule has 2 heterocycles. The van der Waals surface area contributed by atoms with E-state index in [0.717, 1.165) is 0 Å². The summed E-state index contributed by atoms with van der Waals surface area (Å²) in [5.74, 6) is -0.571. The Morgan fingerprint density at radius 3 is 2.45 bits per heavy atom. The van der Waals surface area contributed by atoms with Gasteiger partial charge in [-0.15, -0.1) is 0 Å². The number of hydrogen-bond donors (Lipinski definition) is 1. The molecule has 4 rings (SSSR count). The van der Waals surface area contributed by atoms with Gasteiger partial charge in [0.25, 0.3) is 11.8 Å². The summed E-state index contributed by atoms with van der Waals surface area (Å²) in [5, 5.41) is 2.69. The van der Waals surface area contributed by atoms with Gasteiger partial charge in [-0.1, -0.05) is 6.92 Å². The van der Waals surface area contributed by atoms with E-state index in [-0.39, 0.29) is 42.9 Å². The van der Waals surface area contributed by atoms with Crippen LogP contribution in [0.5, 0.6) is 5.75 Å². The highest BCUT2D eigenvalue weighted by Crippen LogP contribution is 2.33. The first-order valence-corrected chi connectivity index (χ1v) is 11.4. The number of anilines is 1. The molecule has 2 amide bonds. The summed E-state index contributed by atoms with van der Waals surface area (Å²) in [5.41, 5.74) is 0.675. The molecule has 10 heteroatoms. The average molecular weight is 447 g/mol. The summed E-state index contributed by atoms with van der Waals surface area (Å²) in [6.45, 7) is 2.53. The monoisotopic (exact) mass is 447 g/mol. The fraction of sp³-hybridized carbons (Fsp3) is 0.333. The minimum Gasteiger partial charge on any atom is -0.478 e. The number of ether oxygens (including phenoxy) is 1. The van der Waals surface area contributed by atoms with E-state index in [1.54, 1.807) is 11.0 Å². The number of rotatable bonds is 4. The Kier molecular flexibility index (Phi) is 5.67. The molecule has 1 saturated heterocycles. The van der Waals surface area contributed by atoms with Crippen LogP contribution in [-0.2, 0) is 14.8 Å². The fourth-order valence-electron chi connectivity index (χ4n) is 3.61. The molecular weight excluding hydrogens is 425 g/mol. The van der Waals surface area contributed by atoms with Crippen molar-refractivity contribution in [1.29, 1.82) is 0 Å². The van der Waals surface area contributed by atoms with Gasteiger partial charge in [-0.3, -0.25) is 9.59 Å². The second-order valence-electron chi connectivity index (χ2n) is 7.37. The van der Waals surface area contributed by atoms with Crippen LogP contribution in [0.3, 0.4) is 0 Å². The lowest BCUT2D eigenvalue weighted by Gasteiger charge is -2.34. The maximum absolute atomic E-state index is 13.1. The molecule has 0 radical (unpaired) electrons. The van der Waals surface area contributed by atoms with Gasteiger partial charge >= 0.3 is 0 Å². The number of benzene rings is 2. The lowest BCUT2D eigenvalue weighted by molar-refractivity contribution is -0.123. The molecule has 8 nitrogen and oxygen atoms in total. The number of fused-ring (bicyclic) bond motifs is 1. The predicted octanol–water partition coefficient (Wildman–Crippen LogP) is 2.08. The Morgan fingerprint density at radius 2 is 1.81 bits per heavy atom. The third kappa shape index (κ3) is 4.13. The largest absolute Gasteiger partial charge is 0.478 e. The first-order chi connectivity index (χ1) is 14.8. The van der Waals surface area contributed by atoms with Gasteiger partial charge < -0.3 is 15.0 Å². The summed E-state index contributed by atoms with van der Waals surface area (Å²) in [6.07, 6.45) is -0.0895. The number of piperazine rings is 1. The Bertz CT molecular complexity index is 1110. The standard InChI is InChI=1S/C21H22FN3O5S/c1-2-18-20(26)23-17-13-16(7-8-19(17)30-18)31(28,29)25-11-9-24(10-12-25)21(27)14-3-5-15(22)6-4-14/h3-8,13,18H,2,9-12H2,1H3,(H,23,26). The summed E-state index contributed by atoms with van der Waals surface area (Å²) in [4.78, 5) is 26.2. The normalized spacial score (nSPS) is 19.4. The number of carbonyl (C=O) groups excluding carboxylic acids is 2. The molecule has 2 aliphatic heterocycles. The first kappa shape index (κ1) is 21.3. The maximum Gasteiger partial charge on any atom is 0.265 e. The highest BCUT2D eigenvalue weighted by molar-refractivity contribution is 7.89. The molecule has 164 valence electrons. The summed E-state index contributed by atoms with van der Waals surface area (Å²) in [6, 6.07) is 9.64.